The molecule has 0 radical (unpaired) electrons. The van der Waals surface area contributed by atoms with Crippen molar-refractivity contribution < 1.29 is 9.53 Å². The molecule has 106 valence electrons. The quantitative estimate of drug-likeness (QED) is 0.893. The van der Waals surface area contributed by atoms with Crippen molar-refractivity contribution in [1.82, 2.24) is 5.32 Å². The van der Waals surface area contributed by atoms with Crippen LogP contribution in [-0.4, -0.2) is 24.3 Å². The van der Waals surface area contributed by atoms with Gasteiger partial charge in [-0.25, -0.2) is 4.79 Å². The first-order valence-electron chi connectivity index (χ1n) is 6.23. The molecular weight excluding hydrogens is 264 g/mol. The van der Waals surface area contributed by atoms with E-state index in [0.29, 0.717) is 18.0 Å². The lowest BCUT2D eigenvalue weighted by Gasteiger charge is -2.20. The highest BCUT2D eigenvalue weighted by Gasteiger charge is 2.16. The van der Waals surface area contributed by atoms with E-state index in [-0.39, 0.29) is 6.04 Å². The molecule has 19 heavy (non-hydrogen) atoms. The van der Waals surface area contributed by atoms with Crippen LogP contribution in [0.2, 0.25) is 5.02 Å². The number of ether oxygens (including phenoxy) is 1. The van der Waals surface area contributed by atoms with Gasteiger partial charge in [0.2, 0.25) is 0 Å². The zero-order chi connectivity index (χ0) is 14.5. The molecule has 0 aliphatic carbocycles. The van der Waals surface area contributed by atoms with E-state index in [1.807, 2.05) is 45.0 Å². The van der Waals surface area contributed by atoms with Crippen LogP contribution in [0.25, 0.3) is 0 Å². The van der Waals surface area contributed by atoms with Gasteiger partial charge in [0.1, 0.15) is 5.60 Å². The molecule has 0 aliphatic heterocycles. The number of benzene rings is 1. The predicted molar refractivity (Wildman–Crippen MR) is 77.4 cm³/mol. The Labute approximate surface area is 119 Å². The number of rotatable bonds is 4. The zero-order valence-electron chi connectivity index (χ0n) is 11.6. The van der Waals surface area contributed by atoms with Crippen LogP contribution in [0.3, 0.4) is 0 Å². The minimum absolute atomic E-state index is 0.159. The van der Waals surface area contributed by atoms with Crippen molar-refractivity contribution in [1.29, 1.82) is 0 Å². The summed E-state index contributed by atoms with van der Waals surface area (Å²) in [6, 6.07) is 7.34. The predicted octanol–water partition coefficient (Wildman–Crippen LogP) is 2.73. The molecule has 0 fully saturated rings. The monoisotopic (exact) mass is 284 g/mol. The van der Waals surface area contributed by atoms with Crippen LogP contribution in [0, 0.1) is 0 Å². The van der Waals surface area contributed by atoms with Crippen molar-refractivity contribution in [2.75, 3.05) is 6.54 Å². The third-order valence-corrected chi connectivity index (χ3v) is 2.57. The Balaban J connectivity index is 2.33. The Morgan fingerprint density at radius 2 is 1.95 bits per heavy atom. The molecule has 0 heterocycles. The maximum atomic E-state index is 11.5. The van der Waals surface area contributed by atoms with Gasteiger partial charge >= 0.3 is 6.09 Å². The van der Waals surface area contributed by atoms with E-state index in [4.69, 9.17) is 22.1 Å². The molecule has 5 heteroatoms. The fraction of sp³-hybridized carbons (Fsp3) is 0.500. The molecule has 4 nitrogen and oxygen atoms in total. The van der Waals surface area contributed by atoms with Crippen LogP contribution in [0.1, 0.15) is 26.3 Å². The van der Waals surface area contributed by atoms with Gasteiger partial charge in [0.25, 0.3) is 0 Å². The summed E-state index contributed by atoms with van der Waals surface area (Å²) >= 11 is 5.81. The van der Waals surface area contributed by atoms with Crippen LogP contribution in [-0.2, 0) is 11.2 Å². The van der Waals surface area contributed by atoms with Gasteiger partial charge in [-0.15, -0.1) is 0 Å². The van der Waals surface area contributed by atoms with Gasteiger partial charge in [-0.1, -0.05) is 23.7 Å². The summed E-state index contributed by atoms with van der Waals surface area (Å²) in [5.41, 5.74) is 6.54. The van der Waals surface area contributed by atoms with Crippen molar-refractivity contribution >= 4 is 17.7 Å². The number of carbonyl (C=O) groups excluding carboxylic acids is 1. The number of halogens is 1. The minimum Gasteiger partial charge on any atom is -0.444 e. The van der Waals surface area contributed by atoms with E-state index >= 15 is 0 Å². The van der Waals surface area contributed by atoms with Crippen LogP contribution in [0.5, 0.6) is 0 Å². The highest BCUT2D eigenvalue weighted by atomic mass is 35.5. The van der Waals surface area contributed by atoms with Crippen LogP contribution >= 0.6 is 11.6 Å². The van der Waals surface area contributed by atoms with Gasteiger partial charge in [0.05, 0.1) is 0 Å². The highest BCUT2D eigenvalue weighted by Crippen LogP contribution is 2.10. The first-order valence-corrected chi connectivity index (χ1v) is 6.61. The van der Waals surface area contributed by atoms with Gasteiger partial charge in [-0.05, 0) is 44.9 Å². The number of nitrogens with two attached hydrogens (primary N) is 1. The second kappa shape index (κ2) is 6.78. The van der Waals surface area contributed by atoms with Crippen molar-refractivity contribution in [3.05, 3.63) is 34.9 Å². The molecule has 1 aromatic rings. The fourth-order valence-electron chi connectivity index (χ4n) is 1.52. The molecule has 3 N–H and O–H groups in total. The van der Waals surface area contributed by atoms with E-state index in [1.54, 1.807) is 0 Å². The molecule has 0 bridgehead atoms. The molecule has 1 unspecified atom stereocenters. The van der Waals surface area contributed by atoms with E-state index in [0.717, 1.165) is 5.56 Å². The molecule has 0 spiro atoms. The maximum Gasteiger partial charge on any atom is 0.407 e. The number of hydrogen-bond acceptors (Lipinski definition) is 3. The minimum atomic E-state index is -0.496. The standard InChI is InChI=1S/C14H21ClN2O2/c1-14(2,3)19-13(18)17-9-12(16)8-10-4-6-11(15)7-5-10/h4-7,12H,8-9,16H2,1-3H3,(H,17,18). The van der Waals surface area contributed by atoms with Gasteiger partial charge in [-0.3, -0.25) is 0 Å². The molecule has 0 aromatic heterocycles. The van der Waals surface area contributed by atoms with Gasteiger partial charge < -0.3 is 15.8 Å². The second-order valence-corrected chi connectivity index (χ2v) is 5.91. The normalized spacial score (nSPS) is 12.9. The highest BCUT2D eigenvalue weighted by molar-refractivity contribution is 6.30. The third-order valence-electron chi connectivity index (χ3n) is 2.32. The number of hydrogen-bond donors (Lipinski definition) is 2. The summed E-state index contributed by atoms with van der Waals surface area (Å²) in [4.78, 5) is 11.5. The molecule has 1 aromatic carbocycles. The smallest absolute Gasteiger partial charge is 0.407 e. The maximum absolute atomic E-state index is 11.5. The fourth-order valence-corrected chi connectivity index (χ4v) is 1.65. The number of nitrogens with one attached hydrogen (secondary N) is 1. The molecule has 0 aliphatic rings. The lowest BCUT2D eigenvalue weighted by molar-refractivity contribution is 0.0524. The number of alkyl carbamates (subject to hydrolysis) is 1. The second-order valence-electron chi connectivity index (χ2n) is 5.47. The lowest BCUT2D eigenvalue weighted by Crippen LogP contribution is -2.41. The van der Waals surface area contributed by atoms with Crippen LogP contribution in [0.15, 0.2) is 24.3 Å². The topological polar surface area (TPSA) is 64.3 Å². The summed E-state index contributed by atoms with van der Waals surface area (Å²) < 4.78 is 5.13. The van der Waals surface area contributed by atoms with E-state index in [2.05, 4.69) is 5.32 Å². The number of carbonyl (C=O) groups is 1. The van der Waals surface area contributed by atoms with Crippen molar-refractivity contribution in [3.63, 3.8) is 0 Å². The average Bonchev–Trinajstić information content (AvgIpc) is 2.27. The molecule has 1 amide bonds. The summed E-state index contributed by atoms with van der Waals surface area (Å²) in [5, 5.41) is 3.36. The summed E-state index contributed by atoms with van der Waals surface area (Å²) in [7, 11) is 0. The van der Waals surface area contributed by atoms with Crippen molar-refractivity contribution in [2.24, 2.45) is 5.73 Å². The third kappa shape index (κ3) is 7.03. The Kier molecular flexibility index (Phi) is 5.63. The van der Waals surface area contributed by atoms with E-state index < -0.39 is 11.7 Å². The molecule has 0 saturated heterocycles. The number of amides is 1. The first kappa shape index (κ1) is 15.8. The summed E-state index contributed by atoms with van der Waals surface area (Å²) in [6.45, 7) is 5.83. The largest absolute Gasteiger partial charge is 0.444 e. The van der Waals surface area contributed by atoms with Crippen molar-refractivity contribution in [2.45, 2.75) is 38.8 Å². The van der Waals surface area contributed by atoms with Crippen LogP contribution < -0.4 is 11.1 Å². The average molecular weight is 285 g/mol. The summed E-state index contributed by atoms with van der Waals surface area (Å²) in [6.07, 6.45) is 0.228. The zero-order valence-corrected chi connectivity index (χ0v) is 12.3. The summed E-state index contributed by atoms with van der Waals surface area (Å²) in [5.74, 6) is 0. The Bertz CT molecular complexity index is 412. The SMILES string of the molecule is CC(C)(C)OC(=O)NCC(N)Cc1ccc(Cl)cc1. The molecular formula is C14H21ClN2O2. The van der Waals surface area contributed by atoms with Gasteiger partial charge in [-0.2, -0.15) is 0 Å². The molecule has 1 atom stereocenters. The molecule has 1 rings (SSSR count). The lowest BCUT2D eigenvalue weighted by atomic mass is 10.1. The van der Waals surface area contributed by atoms with Gasteiger partial charge in [0.15, 0.2) is 0 Å². The Morgan fingerprint density at radius 1 is 1.37 bits per heavy atom. The Hall–Kier alpha value is -1.26. The van der Waals surface area contributed by atoms with Gasteiger partial charge in [0, 0.05) is 17.6 Å². The Morgan fingerprint density at radius 3 is 2.47 bits per heavy atom. The molecule has 0 saturated carbocycles. The van der Waals surface area contributed by atoms with E-state index in [9.17, 15) is 4.79 Å². The first-order chi connectivity index (χ1) is 8.76. The van der Waals surface area contributed by atoms with Crippen LogP contribution in [0.4, 0.5) is 4.79 Å². The van der Waals surface area contributed by atoms with Crippen molar-refractivity contribution in [3.8, 4) is 0 Å². The van der Waals surface area contributed by atoms with E-state index in [1.165, 1.54) is 0 Å².